The van der Waals surface area contributed by atoms with E-state index in [1.165, 1.54) is 16.3 Å². The Balaban J connectivity index is 1.36. The third-order valence-electron chi connectivity index (χ3n) is 8.46. The third-order valence-corrected chi connectivity index (χ3v) is 8.46. The molecule has 1 N–H and O–H groups in total. The molecule has 2 heterocycles. The van der Waals surface area contributed by atoms with E-state index in [1.807, 2.05) is 29.2 Å². The normalized spacial score (nSPS) is 27.1. The van der Waals surface area contributed by atoms with Gasteiger partial charge in [0.2, 0.25) is 11.8 Å². The Labute approximate surface area is 224 Å². The van der Waals surface area contributed by atoms with E-state index in [0.717, 1.165) is 22.8 Å². The molecule has 2 aliphatic heterocycles. The smallest absolute Gasteiger partial charge is 0.227 e. The number of hydrogen-bond acceptors (Lipinski definition) is 2. The molecule has 5 atom stereocenters. The molecule has 0 radical (unpaired) electrons. The molecule has 2 amide bonds. The first-order chi connectivity index (χ1) is 18.5. The van der Waals surface area contributed by atoms with Gasteiger partial charge in [0, 0.05) is 18.9 Å². The highest BCUT2D eigenvalue weighted by Gasteiger charge is 2.43. The molecule has 38 heavy (non-hydrogen) atoms. The van der Waals surface area contributed by atoms with Gasteiger partial charge in [-0.2, -0.15) is 0 Å². The fraction of sp³-hybridized carbons (Fsp3) is 0.294. The molecule has 0 aliphatic carbocycles. The maximum atomic E-state index is 13.8. The van der Waals surface area contributed by atoms with Gasteiger partial charge in [-0.25, -0.2) is 0 Å². The van der Waals surface area contributed by atoms with Gasteiger partial charge in [0.25, 0.3) is 0 Å². The molecule has 4 heteroatoms. The van der Waals surface area contributed by atoms with Crippen LogP contribution in [-0.4, -0.2) is 22.8 Å². The minimum absolute atomic E-state index is 0.00125. The Bertz CT molecular complexity index is 1530. The van der Waals surface area contributed by atoms with Crippen LogP contribution in [0.2, 0.25) is 0 Å². The topological polar surface area (TPSA) is 49.4 Å². The van der Waals surface area contributed by atoms with Gasteiger partial charge in [0.1, 0.15) is 0 Å². The standard InChI is InChI=1S/C34H34N2O2/c1-22-10-7-19-32(38)36-26(20-23(2)34(36)30-18-9-14-25-12-4-6-16-28(25)30)21-31(37)35-33(22)29-17-8-13-24-11-3-5-15-27(24)29/h3-18,22-23,26,33-34H,19-21H2,1-2H3,(H,35,37)/b10-7+/t22-,23-,26+,33+,34+/m1/s1. The lowest BCUT2D eigenvalue weighted by atomic mass is 9.89. The Hall–Kier alpha value is -3.92. The molecular formula is C34H34N2O2. The van der Waals surface area contributed by atoms with Crippen molar-refractivity contribution in [2.24, 2.45) is 11.8 Å². The molecule has 0 unspecified atom stereocenters. The largest absolute Gasteiger partial charge is 0.349 e. The minimum atomic E-state index is -0.167. The Morgan fingerprint density at radius 3 is 2.08 bits per heavy atom. The van der Waals surface area contributed by atoms with Crippen molar-refractivity contribution in [3.05, 3.63) is 108 Å². The average Bonchev–Trinajstić information content (AvgIpc) is 3.25. The van der Waals surface area contributed by atoms with E-state index >= 15 is 0 Å². The second-order valence-electron chi connectivity index (χ2n) is 11.0. The number of rotatable bonds is 2. The zero-order valence-electron chi connectivity index (χ0n) is 22.0. The number of nitrogens with zero attached hydrogens (tertiary/aromatic N) is 1. The van der Waals surface area contributed by atoms with E-state index < -0.39 is 0 Å². The molecule has 4 aromatic rings. The second-order valence-corrected chi connectivity index (χ2v) is 11.0. The SMILES string of the molecule is C[C@@H]1/C=C/CC(=O)N2[C@H](CC(=O)N[C@@H]1c1cccc3ccccc13)C[C@@H](C)[C@H]2c1cccc2ccccc12. The fourth-order valence-electron chi connectivity index (χ4n) is 6.74. The summed E-state index contributed by atoms with van der Waals surface area (Å²) in [5, 5.41) is 8.04. The van der Waals surface area contributed by atoms with Crippen LogP contribution in [0.15, 0.2) is 97.1 Å². The number of carbonyl (C=O) groups excluding carboxylic acids is 2. The van der Waals surface area contributed by atoms with Crippen molar-refractivity contribution in [3.8, 4) is 0 Å². The molecule has 4 nitrogen and oxygen atoms in total. The van der Waals surface area contributed by atoms with Gasteiger partial charge in [-0.15, -0.1) is 0 Å². The van der Waals surface area contributed by atoms with Crippen LogP contribution >= 0.6 is 0 Å². The third kappa shape index (κ3) is 4.38. The Morgan fingerprint density at radius 1 is 0.763 bits per heavy atom. The van der Waals surface area contributed by atoms with Crippen molar-refractivity contribution in [1.82, 2.24) is 10.2 Å². The summed E-state index contributed by atoms with van der Waals surface area (Å²) in [6.07, 6.45) is 5.56. The molecule has 6 rings (SSSR count). The summed E-state index contributed by atoms with van der Waals surface area (Å²) in [4.78, 5) is 29.4. The maximum Gasteiger partial charge on any atom is 0.227 e. The zero-order valence-corrected chi connectivity index (χ0v) is 22.0. The predicted molar refractivity (Wildman–Crippen MR) is 153 cm³/mol. The van der Waals surface area contributed by atoms with Crippen molar-refractivity contribution < 1.29 is 9.59 Å². The molecule has 1 fully saturated rings. The monoisotopic (exact) mass is 502 g/mol. The van der Waals surface area contributed by atoms with Gasteiger partial charge < -0.3 is 10.2 Å². The highest BCUT2D eigenvalue weighted by Crippen LogP contribution is 2.45. The average molecular weight is 503 g/mol. The van der Waals surface area contributed by atoms with Gasteiger partial charge in [-0.05, 0) is 50.9 Å². The van der Waals surface area contributed by atoms with Gasteiger partial charge >= 0.3 is 0 Å². The van der Waals surface area contributed by atoms with Crippen molar-refractivity contribution in [2.75, 3.05) is 0 Å². The molecule has 192 valence electrons. The number of amides is 2. The molecule has 2 aliphatic rings. The molecular weight excluding hydrogens is 468 g/mol. The van der Waals surface area contributed by atoms with E-state index in [-0.39, 0.29) is 41.8 Å². The summed E-state index contributed by atoms with van der Waals surface area (Å²) in [5.41, 5.74) is 2.29. The zero-order chi connectivity index (χ0) is 26.2. The summed E-state index contributed by atoms with van der Waals surface area (Å²) in [6, 6.07) is 29.0. The quantitative estimate of drug-likeness (QED) is 0.297. The van der Waals surface area contributed by atoms with Crippen molar-refractivity contribution in [1.29, 1.82) is 0 Å². The van der Waals surface area contributed by atoms with Crippen LogP contribution < -0.4 is 5.32 Å². The first-order valence-electron chi connectivity index (χ1n) is 13.7. The van der Waals surface area contributed by atoms with E-state index in [1.54, 1.807) is 0 Å². The Kier molecular flexibility index (Phi) is 6.49. The first-order valence-corrected chi connectivity index (χ1v) is 13.7. The summed E-state index contributed by atoms with van der Waals surface area (Å²) in [5.74, 6) is 0.386. The van der Waals surface area contributed by atoms with Crippen LogP contribution in [0.4, 0.5) is 0 Å². The number of benzene rings is 4. The summed E-state index contributed by atoms with van der Waals surface area (Å²) < 4.78 is 0. The number of carbonyl (C=O) groups is 2. The number of fused-ring (bicyclic) bond motifs is 3. The van der Waals surface area contributed by atoms with Crippen LogP contribution in [0.5, 0.6) is 0 Å². The molecule has 4 aromatic carbocycles. The number of hydrogen-bond donors (Lipinski definition) is 1. The number of nitrogens with one attached hydrogen (secondary N) is 1. The first kappa shape index (κ1) is 24.4. The molecule has 1 saturated heterocycles. The summed E-state index contributed by atoms with van der Waals surface area (Å²) in [6.45, 7) is 4.33. The van der Waals surface area contributed by atoms with Gasteiger partial charge in [-0.1, -0.05) is 111 Å². The van der Waals surface area contributed by atoms with E-state index in [0.29, 0.717) is 12.8 Å². The van der Waals surface area contributed by atoms with Gasteiger partial charge in [0.15, 0.2) is 0 Å². The predicted octanol–water partition coefficient (Wildman–Crippen LogP) is 7.11. The Morgan fingerprint density at radius 2 is 1.37 bits per heavy atom. The van der Waals surface area contributed by atoms with Crippen LogP contribution in [0.1, 0.15) is 56.3 Å². The minimum Gasteiger partial charge on any atom is -0.349 e. The molecule has 0 saturated carbocycles. The van der Waals surface area contributed by atoms with Crippen molar-refractivity contribution in [3.63, 3.8) is 0 Å². The van der Waals surface area contributed by atoms with Crippen molar-refractivity contribution in [2.45, 2.75) is 51.2 Å². The fourth-order valence-corrected chi connectivity index (χ4v) is 6.74. The second kappa shape index (κ2) is 10.1. The summed E-state index contributed by atoms with van der Waals surface area (Å²) in [7, 11) is 0. The van der Waals surface area contributed by atoms with Gasteiger partial charge in [0.05, 0.1) is 12.1 Å². The van der Waals surface area contributed by atoms with Crippen LogP contribution in [0, 0.1) is 11.8 Å². The van der Waals surface area contributed by atoms with E-state index in [4.69, 9.17) is 0 Å². The summed E-state index contributed by atoms with van der Waals surface area (Å²) >= 11 is 0. The highest BCUT2D eigenvalue weighted by atomic mass is 16.2. The maximum absolute atomic E-state index is 13.8. The van der Waals surface area contributed by atoms with Crippen LogP contribution in [0.3, 0.4) is 0 Å². The van der Waals surface area contributed by atoms with E-state index in [9.17, 15) is 9.59 Å². The van der Waals surface area contributed by atoms with Gasteiger partial charge in [-0.3, -0.25) is 9.59 Å². The molecule has 0 bridgehead atoms. The van der Waals surface area contributed by atoms with Crippen LogP contribution in [0.25, 0.3) is 21.5 Å². The van der Waals surface area contributed by atoms with Crippen molar-refractivity contribution >= 4 is 33.4 Å². The highest BCUT2D eigenvalue weighted by molar-refractivity contribution is 5.89. The lowest BCUT2D eigenvalue weighted by molar-refractivity contribution is -0.134. The lowest BCUT2D eigenvalue weighted by Crippen LogP contribution is -2.41. The molecule has 0 spiro atoms. The lowest BCUT2D eigenvalue weighted by Gasteiger charge is -2.32. The van der Waals surface area contributed by atoms with Crippen LogP contribution in [-0.2, 0) is 9.59 Å². The van der Waals surface area contributed by atoms with E-state index in [2.05, 4.69) is 92.0 Å². The molecule has 0 aromatic heterocycles.